The van der Waals surface area contributed by atoms with Crippen LogP contribution in [0, 0.1) is 11.6 Å². The van der Waals surface area contributed by atoms with Gasteiger partial charge < -0.3 is 9.80 Å². The molecule has 164 valence electrons. The fraction of sp³-hybridized carbons (Fsp3) is 0.429. The van der Waals surface area contributed by atoms with Gasteiger partial charge in [0.2, 0.25) is 10.0 Å². The molecule has 0 aliphatic carbocycles. The van der Waals surface area contributed by atoms with Crippen LogP contribution in [0.25, 0.3) is 0 Å². The third-order valence-electron chi connectivity index (χ3n) is 5.42. The molecule has 0 unspecified atom stereocenters. The molecule has 0 aromatic heterocycles. The van der Waals surface area contributed by atoms with Crippen LogP contribution in [0.1, 0.15) is 11.6 Å². The third kappa shape index (κ3) is 5.34. The molecule has 9 heteroatoms. The molecule has 0 amide bonds. The van der Waals surface area contributed by atoms with Crippen molar-refractivity contribution >= 4 is 15.7 Å². The molecule has 1 fully saturated rings. The molecule has 0 saturated carbocycles. The quantitative estimate of drug-likeness (QED) is 0.719. The van der Waals surface area contributed by atoms with Gasteiger partial charge in [-0.05, 0) is 42.9 Å². The number of nitrogens with one attached hydrogen (secondary N) is 1. The number of benzene rings is 2. The smallest absolute Gasteiger partial charge is 0.243 e. The van der Waals surface area contributed by atoms with E-state index in [0.29, 0.717) is 6.07 Å². The highest BCUT2D eigenvalue weighted by Crippen LogP contribution is 2.25. The van der Waals surface area contributed by atoms with Crippen molar-refractivity contribution in [2.45, 2.75) is 10.9 Å². The van der Waals surface area contributed by atoms with Gasteiger partial charge in [0, 0.05) is 58.5 Å². The van der Waals surface area contributed by atoms with Crippen LogP contribution < -0.4 is 9.62 Å². The van der Waals surface area contributed by atoms with Gasteiger partial charge in [0.05, 0.1) is 0 Å². The summed E-state index contributed by atoms with van der Waals surface area (Å²) in [5.41, 5.74) is 2.01. The number of halogens is 2. The van der Waals surface area contributed by atoms with E-state index in [9.17, 15) is 17.2 Å². The minimum absolute atomic E-state index is 0.0588. The van der Waals surface area contributed by atoms with Crippen LogP contribution in [-0.2, 0) is 10.0 Å². The van der Waals surface area contributed by atoms with Crippen molar-refractivity contribution in [1.29, 1.82) is 0 Å². The predicted octanol–water partition coefficient (Wildman–Crippen LogP) is 2.30. The minimum Gasteiger partial charge on any atom is -0.378 e. The topological polar surface area (TPSA) is 55.9 Å². The van der Waals surface area contributed by atoms with Gasteiger partial charge in [-0.3, -0.25) is 4.90 Å². The highest BCUT2D eigenvalue weighted by atomic mass is 32.2. The first-order chi connectivity index (χ1) is 14.2. The first-order valence-corrected chi connectivity index (χ1v) is 11.3. The van der Waals surface area contributed by atoms with E-state index in [1.54, 1.807) is 0 Å². The zero-order chi connectivity index (χ0) is 21.9. The van der Waals surface area contributed by atoms with Crippen molar-refractivity contribution < 1.29 is 17.2 Å². The van der Waals surface area contributed by atoms with Crippen LogP contribution >= 0.6 is 0 Å². The maximum Gasteiger partial charge on any atom is 0.243 e. The average Bonchev–Trinajstić information content (AvgIpc) is 2.71. The van der Waals surface area contributed by atoms with Gasteiger partial charge in [-0.2, -0.15) is 0 Å². The summed E-state index contributed by atoms with van der Waals surface area (Å²) in [5.74, 6) is -1.78. The van der Waals surface area contributed by atoms with Gasteiger partial charge in [0.15, 0.2) is 0 Å². The van der Waals surface area contributed by atoms with Crippen molar-refractivity contribution in [3.05, 3.63) is 59.7 Å². The molecular formula is C21H28F2N4O2S. The maximum absolute atomic E-state index is 14.0. The van der Waals surface area contributed by atoms with E-state index in [1.807, 2.05) is 50.3 Å². The number of hydrogen-bond acceptors (Lipinski definition) is 5. The second-order valence-electron chi connectivity index (χ2n) is 7.77. The standard InChI is InChI=1S/C21H28F2N4O2S/c1-25(2)18-7-4-16(5-8-18)20(27-12-10-26(3)11-13-27)15-24-30(28,29)21-14-17(22)6-9-19(21)23/h4-9,14,20,24H,10-13,15H2,1-3H3/t20-/m1/s1. The van der Waals surface area contributed by atoms with Crippen LogP contribution in [0.2, 0.25) is 0 Å². The van der Waals surface area contributed by atoms with E-state index in [4.69, 9.17) is 0 Å². The molecule has 1 saturated heterocycles. The fourth-order valence-electron chi connectivity index (χ4n) is 3.54. The van der Waals surface area contributed by atoms with Crippen molar-refractivity contribution in [3.63, 3.8) is 0 Å². The summed E-state index contributed by atoms with van der Waals surface area (Å²) in [6, 6.07) is 10.1. The van der Waals surface area contributed by atoms with Gasteiger partial charge in [-0.15, -0.1) is 0 Å². The monoisotopic (exact) mass is 438 g/mol. The molecule has 2 aromatic rings. The molecule has 2 aromatic carbocycles. The lowest BCUT2D eigenvalue weighted by Gasteiger charge is -2.38. The number of likely N-dealkylation sites (N-methyl/N-ethyl adjacent to an activating group) is 1. The molecule has 0 bridgehead atoms. The second kappa shape index (κ2) is 9.38. The Bertz CT molecular complexity index is 959. The van der Waals surface area contributed by atoms with E-state index in [2.05, 4.69) is 14.5 Å². The van der Waals surface area contributed by atoms with E-state index in [-0.39, 0.29) is 12.6 Å². The Kier molecular flexibility index (Phi) is 7.07. The molecule has 0 spiro atoms. The molecule has 6 nitrogen and oxygen atoms in total. The molecule has 1 N–H and O–H groups in total. The average molecular weight is 439 g/mol. The normalized spacial score (nSPS) is 17.1. The zero-order valence-electron chi connectivity index (χ0n) is 17.5. The number of sulfonamides is 1. The van der Waals surface area contributed by atoms with Crippen molar-refractivity contribution in [1.82, 2.24) is 14.5 Å². The zero-order valence-corrected chi connectivity index (χ0v) is 18.3. The van der Waals surface area contributed by atoms with Crippen LogP contribution in [0.15, 0.2) is 47.4 Å². The molecule has 30 heavy (non-hydrogen) atoms. The van der Waals surface area contributed by atoms with Gasteiger partial charge >= 0.3 is 0 Å². The number of piperazine rings is 1. The summed E-state index contributed by atoms with van der Waals surface area (Å²) in [7, 11) is 1.76. The van der Waals surface area contributed by atoms with E-state index in [1.165, 1.54) is 0 Å². The number of anilines is 1. The Morgan fingerprint density at radius 1 is 1.03 bits per heavy atom. The van der Waals surface area contributed by atoms with Crippen LogP contribution in [0.5, 0.6) is 0 Å². The largest absolute Gasteiger partial charge is 0.378 e. The summed E-state index contributed by atoms with van der Waals surface area (Å²) in [4.78, 5) is 5.75. The van der Waals surface area contributed by atoms with Gasteiger partial charge in [-0.1, -0.05) is 12.1 Å². The first-order valence-electron chi connectivity index (χ1n) is 9.82. The number of rotatable bonds is 7. The third-order valence-corrected chi connectivity index (χ3v) is 6.86. The second-order valence-corrected chi connectivity index (χ2v) is 9.50. The first kappa shape index (κ1) is 22.6. The lowest BCUT2D eigenvalue weighted by atomic mass is 10.0. The molecule has 0 radical (unpaired) electrons. The summed E-state index contributed by atoms with van der Waals surface area (Å²) >= 11 is 0. The summed E-state index contributed by atoms with van der Waals surface area (Å²) in [6.07, 6.45) is 0. The summed E-state index contributed by atoms with van der Waals surface area (Å²) in [6.45, 7) is 3.37. The number of nitrogens with zero attached hydrogens (tertiary/aromatic N) is 3. The maximum atomic E-state index is 14.0. The highest BCUT2D eigenvalue weighted by Gasteiger charge is 2.27. The Labute approximate surface area is 177 Å². The Morgan fingerprint density at radius 2 is 1.67 bits per heavy atom. The SMILES string of the molecule is CN1CCN([C@H](CNS(=O)(=O)c2cc(F)ccc2F)c2ccc(N(C)C)cc2)CC1. The van der Waals surface area contributed by atoms with Gasteiger partial charge in [0.25, 0.3) is 0 Å². The van der Waals surface area contributed by atoms with Crippen LogP contribution in [0.4, 0.5) is 14.5 Å². The lowest BCUT2D eigenvalue weighted by molar-refractivity contribution is 0.113. The van der Waals surface area contributed by atoms with Gasteiger partial charge in [-0.25, -0.2) is 21.9 Å². The fourth-order valence-corrected chi connectivity index (χ4v) is 4.66. The molecule has 1 aliphatic heterocycles. The molecular weight excluding hydrogens is 410 g/mol. The van der Waals surface area contributed by atoms with Crippen molar-refractivity contribution in [3.8, 4) is 0 Å². The molecule has 1 heterocycles. The molecule has 3 rings (SSSR count). The van der Waals surface area contributed by atoms with Gasteiger partial charge in [0.1, 0.15) is 16.5 Å². The van der Waals surface area contributed by atoms with Crippen LogP contribution in [0.3, 0.4) is 0 Å². The highest BCUT2D eigenvalue weighted by molar-refractivity contribution is 7.89. The predicted molar refractivity (Wildman–Crippen MR) is 114 cm³/mol. The Morgan fingerprint density at radius 3 is 2.27 bits per heavy atom. The number of hydrogen-bond donors (Lipinski definition) is 1. The van der Waals surface area contributed by atoms with Crippen molar-refractivity contribution in [2.24, 2.45) is 0 Å². The minimum atomic E-state index is -4.20. The Balaban J connectivity index is 1.84. The van der Waals surface area contributed by atoms with Crippen LogP contribution in [-0.4, -0.2) is 72.1 Å². The van der Waals surface area contributed by atoms with Crippen molar-refractivity contribution in [2.75, 3.05) is 58.8 Å². The summed E-state index contributed by atoms with van der Waals surface area (Å²) in [5, 5.41) is 0. The summed E-state index contributed by atoms with van der Waals surface area (Å²) < 4.78 is 55.3. The lowest BCUT2D eigenvalue weighted by Crippen LogP contribution is -2.48. The molecule has 1 atom stereocenters. The van der Waals surface area contributed by atoms with E-state index < -0.39 is 26.6 Å². The Hall–Kier alpha value is -2.07. The van der Waals surface area contributed by atoms with E-state index in [0.717, 1.165) is 49.6 Å². The van der Waals surface area contributed by atoms with E-state index >= 15 is 0 Å². The molecule has 1 aliphatic rings.